The molecule has 5 heteroatoms. The van der Waals surface area contributed by atoms with Gasteiger partial charge in [-0.05, 0) is 30.9 Å². The highest BCUT2D eigenvalue weighted by Crippen LogP contribution is 2.23. The van der Waals surface area contributed by atoms with Crippen molar-refractivity contribution in [3.8, 4) is 0 Å². The second kappa shape index (κ2) is 5.23. The third kappa shape index (κ3) is 2.68. The van der Waals surface area contributed by atoms with Gasteiger partial charge in [-0.3, -0.25) is 0 Å². The highest BCUT2D eigenvalue weighted by atomic mass is 32.1. The van der Waals surface area contributed by atoms with Gasteiger partial charge in [-0.25, -0.2) is 0 Å². The fraction of sp³-hybridized carbons (Fsp3) is 0.455. The molecule has 0 aliphatic heterocycles. The molecule has 2 heterocycles. The molecule has 0 saturated carbocycles. The summed E-state index contributed by atoms with van der Waals surface area (Å²) in [6.45, 7) is 5.18. The molecule has 0 bridgehead atoms. The predicted octanol–water partition coefficient (Wildman–Crippen LogP) is 2.33. The van der Waals surface area contributed by atoms with E-state index in [0.717, 1.165) is 18.8 Å². The van der Waals surface area contributed by atoms with Crippen LogP contribution < -0.4 is 5.32 Å². The van der Waals surface area contributed by atoms with Crippen LogP contribution in [-0.2, 0) is 6.42 Å². The molecule has 0 saturated heterocycles. The minimum atomic E-state index is 0.381. The summed E-state index contributed by atoms with van der Waals surface area (Å²) in [6, 6.07) is 2.53. The number of aryl methyl sites for hydroxylation is 1. The second-order valence-corrected chi connectivity index (χ2v) is 4.69. The largest absolute Gasteiger partial charge is 0.343 e. The zero-order valence-corrected chi connectivity index (χ0v) is 10.3. The average Bonchev–Trinajstić information content (AvgIpc) is 2.88. The van der Waals surface area contributed by atoms with E-state index in [2.05, 4.69) is 45.3 Å². The molecular weight excluding hydrogens is 222 g/mol. The van der Waals surface area contributed by atoms with Crippen molar-refractivity contribution in [1.29, 1.82) is 0 Å². The van der Waals surface area contributed by atoms with E-state index in [1.54, 1.807) is 11.3 Å². The number of thiophene rings is 1. The summed E-state index contributed by atoms with van der Waals surface area (Å²) >= 11 is 1.79. The fourth-order valence-electron chi connectivity index (χ4n) is 1.62. The van der Waals surface area contributed by atoms with Crippen LogP contribution in [0.2, 0.25) is 0 Å². The molecule has 0 aliphatic rings. The summed E-state index contributed by atoms with van der Waals surface area (Å²) < 4.78 is 4.68. The van der Waals surface area contributed by atoms with E-state index < -0.39 is 0 Å². The maximum absolute atomic E-state index is 4.68. The SMILES string of the molecule is Cc1ccsc1C(C)NCCc1ncon1. The second-order valence-electron chi connectivity index (χ2n) is 3.74. The van der Waals surface area contributed by atoms with Crippen LogP contribution >= 0.6 is 11.3 Å². The highest BCUT2D eigenvalue weighted by Gasteiger charge is 2.09. The third-order valence-corrected chi connectivity index (χ3v) is 3.70. The number of rotatable bonds is 5. The molecule has 2 aromatic heterocycles. The van der Waals surface area contributed by atoms with Crippen LogP contribution in [0.15, 0.2) is 22.4 Å². The van der Waals surface area contributed by atoms with E-state index in [-0.39, 0.29) is 0 Å². The van der Waals surface area contributed by atoms with Crippen LogP contribution in [-0.4, -0.2) is 16.7 Å². The zero-order chi connectivity index (χ0) is 11.4. The van der Waals surface area contributed by atoms with Gasteiger partial charge < -0.3 is 9.84 Å². The maximum atomic E-state index is 4.68. The minimum absolute atomic E-state index is 0.381. The minimum Gasteiger partial charge on any atom is -0.343 e. The van der Waals surface area contributed by atoms with Gasteiger partial charge in [0.1, 0.15) is 0 Å². The zero-order valence-electron chi connectivity index (χ0n) is 9.43. The molecule has 1 unspecified atom stereocenters. The number of hydrogen-bond acceptors (Lipinski definition) is 5. The standard InChI is InChI=1S/C11H15N3OS/c1-8-4-6-16-11(8)9(2)12-5-3-10-13-7-15-14-10/h4,6-7,9,12H,3,5H2,1-2H3. The van der Waals surface area contributed by atoms with Crippen molar-refractivity contribution in [2.75, 3.05) is 6.54 Å². The first kappa shape index (κ1) is 11.3. The van der Waals surface area contributed by atoms with Crippen LogP contribution in [0.5, 0.6) is 0 Å². The van der Waals surface area contributed by atoms with Crippen molar-refractivity contribution < 1.29 is 4.52 Å². The molecule has 86 valence electrons. The molecule has 2 rings (SSSR count). The van der Waals surface area contributed by atoms with Gasteiger partial charge in [0.05, 0.1) is 0 Å². The van der Waals surface area contributed by atoms with E-state index in [1.807, 2.05) is 0 Å². The molecule has 0 radical (unpaired) electrons. The highest BCUT2D eigenvalue weighted by molar-refractivity contribution is 7.10. The predicted molar refractivity (Wildman–Crippen MR) is 63.5 cm³/mol. The monoisotopic (exact) mass is 237 g/mol. The first-order chi connectivity index (χ1) is 7.77. The van der Waals surface area contributed by atoms with Crippen molar-refractivity contribution in [2.45, 2.75) is 26.3 Å². The van der Waals surface area contributed by atoms with E-state index in [9.17, 15) is 0 Å². The van der Waals surface area contributed by atoms with E-state index in [1.165, 1.54) is 16.8 Å². The summed E-state index contributed by atoms with van der Waals surface area (Å²) in [4.78, 5) is 5.37. The van der Waals surface area contributed by atoms with Crippen molar-refractivity contribution in [2.24, 2.45) is 0 Å². The lowest BCUT2D eigenvalue weighted by atomic mass is 10.2. The molecule has 16 heavy (non-hydrogen) atoms. The van der Waals surface area contributed by atoms with E-state index >= 15 is 0 Å². The molecule has 0 aromatic carbocycles. The van der Waals surface area contributed by atoms with Crippen LogP contribution in [0.1, 0.15) is 29.2 Å². The molecule has 0 fully saturated rings. The molecule has 0 aliphatic carbocycles. The Bertz CT molecular complexity index is 424. The number of nitrogens with zero attached hydrogens (tertiary/aromatic N) is 2. The lowest BCUT2D eigenvalue weighted by molar-refractivity contribution is 0.408. The van der Waals surface area contributed by atoms with Crippen molar-refractivity contribution in [3.05, 3.63) is 34.1 Å². The fourth-order valence-corrected chi connectivity index (χ4v) is 2.58. The Morgan fingerprint density at radius 2 is 2.44 bits per heavy atom. The first-order valence-electron chi connectivity index (χ1n) is 5.30. The maximum Gasteiger partial charge on any atom is 0.213 e. The van der Waals surface area contributed by atoms with Crippen molar-refractivity contribution in [3.63, 3.8) is 0 Å². The van der Waals surface area contributed by atoms with Crippen molar-refractivity contribution >= 4 is 11.3 Å². The number of hydrogen-bond donors (Lipinski definition) is 1. The Hall–Kier alpha value is -1.20. The summed E-state index contributed by atoms with van der Waals surface area (Å²) in [7, 11) is 0. The third-order valence-electron chi connectivity index (χ3n) is 2.50. The van der Waals surface area contributed by atoms with E-state index in [0.29, 0.717) is 6.04 Å². The number of nitrogens with one attached hydrogen (secondary N) is 1. The van der Waals surface area contributed by atoms with Gasteiger partial charge in [0, 0.05) is 23.9 Å². The van der Waals surface area contributed by atoms with Crippen LogP contribution in [0.3, 0.4) is 0 Å². The molecule has 0 amide bonds. The van der Waals surface area contributed by atoms with Crippen LogP contribution in [0.4, 0.5) is 0 Å². The molecule has 1 atom stereocenters. The summed E-state index contributed by atoms with van der Waals surface area (Å²) in [5, 5.41) is 9.35. The summed E-state index contributed by atoms with van der Waals surface area (Å²) in [6.07, 6.45) is 2.16. The van der Waals surface area contributed by atoms with Crippen molar-refractivity contribution in [1.82, 2.24) is 15.5 Å². The van der Waals surface area contributed by atoms with Gasteiger partial charge in [0.25, 0.3) is 0 Å². The quantitative estimate of drug-likeness (QED) is 0.867. The Morgan fingerprint density at radius 1 is 1.56 bits per heavy atom. The van der Waals surface area contributed by atoms with Gasteiger partial charge in [-0.15, -0.1) is 11.3 Å². The Kier molecular flexibility index (Phi) is 3.69. The van der Waals surface area contributed by atoms with Crippen LogP contribution in [0, 0.1) is 6.92 Å². The molecule has 2 aromatic rings. The van der Waals surface area contributed by atoms with Crippen LogP contribution in [0.25, 0.3) is 0 Å². The lowest BCUT2D eigenvalue weighted by Gasteiger charge is -2.12. The first-order valence-corrected chi connectivity index (χ1v) is 6.18. The molecule has 1 N–H and O–H groups in total. The summed E-state index contributed by atoms with van der Waals surface area (Å²) in [5.74, 6) is 0.752. The molecule has 0 spiro atoms. The number of aromatic nitrogens is 2. The summed E-state index contributed by atoms with van der Waals surface area (Å²) in [5.41, 5.74) is 1.35. The van der Waals surface area contributed by atoms with Gasteiger partial charge in [-0.1, -0.05) is 5.16 Å². The molecular formula is C11H15N3OS. The smallest absolute Gasteiger partial charge is 0.213 e. The Balaban J connectivity index is 1.80. The van der Waals surface area contributed by atoms with Gasteiger partial charge in [0.2, 0.25) is 6.39 Å². The normalized spacial score (nSPS) is 12.9. The lowest BCUT2D eigenvalue weighted by Crippen LogP contribution is -2.21. The van der Waals surface area contributed by atoms with Gasteiger partial charge in [-0.2, -0.15) is 4.98 Å². The van der Waals surface area contributed by atoms with E-state index in [4.69, 9.17) is 0 Å². The topological polar surface area (TPSA) is 51.0 Å². The average molecular weight is 237 g/mol. The Morgan fingerprint density at radius 3 is 3.06 bits per heavy atom. The van der Waals surface area contributed by atoms with Gasteiger partial charge in [0.15, 0.2) is 5.82 Å². The van der Waals surface area contributed by atoms with Gasteiger partial charge >= 0.3 is 0 Å². The Labute approximate surface area is 98.7 Å². The molecule has 4 nitrogen and oxygen atoms in total.